The minimum absolute atomic E-state index is 0.240. The van der Waals surface area contributed by atoms with Crippen LogP contribution in [0.1, 0.15) is 18.4 Å². The average molecular weight is 249 g/mol. The van der Waals surface area contributed by atoms with Crippen LogP contribution in [0.25, 0.3) is 0 Å². The number of rotatable bonds is 5. The minimum atomic E-state index is -0.954. The van der Waals surface area contributed by atoms with E-state index in [2.05, 4.69) is 0 Å². The summed E-state index contributed by atoms with van der Waals surface area (Å²) >= 11 is 0. The molecule has 1 aromatic rings. The second kappa shape index (κ2) is 6.50. The molecule has 0 aliphatic rings. The molecule has 0 saturated carbocycles. The van der Waals surface area contributed by atoms with Crippen molar-refractivity contribution in [3.63, 3.8) is 0 Å². The lowest BCUT2D eigenvalue weighted by Crippen LogP contribution is -2.14. The van der Waals surface area contributed by atoms with E-state index in [1.807, 2.05) is 6.07 Å². The topological polar surface area (TPSA) is 68.6 Å². The quantitative estimate of drug-likeness (QED) is 0.745. The highest BCUT2D eigenvalue weighted by Crippen LogP contribution is 2.30. The van der Waals surface area contributed by atoms with E-state index in [4.69, 9.17) is 19.5 Å². The van der Waals surface area contributed by atoms with Gasteiger partial charge in [0.05, 0.1) is 26.9 Å². The predicted molar refractivity (Wildman–Crippen MR) is 64.5 cm³/mol. The van der Waals surface area contributed by atoms with E-state index in [9.17, 15) is 4.79 Å². The largest absolute Gasteiger partial charge is 0.493 e. The molecule has 0 saturated heterocycles. The average Bonchev–Trinajstić information content (AvgIpc) is 2.39. The Kier molecular flexibility index (Phi) is 5.00. The molecule has 0 aliphatic carbocycles. The molecule has 1 atom stereocenters. The van der Waals surface area contributed by atoms with Crippen molar-refractivity contribution < 1.29 is 19.0 Å². The van der Waals surface area contributed by atoms with Crippen molar-refractivity contribution in [3.8, 4) is 17.6 Å². The van der Waals surface area contributed by atoms with E-state index in [1.54, 1.807) is 25.1 Å². The van der Waals surface area contributed by atoms with Crippen LogP contribution in [-0.4, -0.2) is 26.8 Å². The molecule has 0 fully saturated rings. The Balaban J connectivity index is 3.08. The van der Waals surface area contributed by atoms with Gasteiger partial charge in [-0.15, -0.1) is 0 Å². The predicted octanol–water partition coefficient (Wildman–Crippen LogP) is 1.87. The summed E-state index contributed by atoms with van der Waals surface area (Å²) in [6.45, 7) is 1.94. The van der Waals surface area contributed by atoms with E-state index in [-0.39, 0.29) is 6.61 Å². The monoisotopic (exact) mass is 249 g/mol. The number of methoxy groups -OCH3 is 2. The van der Waals surface area contributed by atoms with E-state index < -0.39 is 11.9 Å². The van der Waals surface area contributed by atoms with Crippen molar-refractivity contribution in [1.82, 2.24) is 0 Å². The van der Waals surface area contributed by atoms with Gasteiger partial charge in [0.15, 0.2) is 17.4 Å². The third-order valence-corrected chi connectivity index (χ3v) is 2.39. The smallest absolute Gasteiger partial charge is 0.327 e. The molecule has 0 aliphatic heterocycles. The highest BCUT2D eigenvalue weighted by molar-refractivity contribution is 5.81. The summed E-state index contributed by atoms with van der Waals surface area (Å²) in [6.07, 6.45) is 0. The van der Waals surface area contributed by atoms with Crippen LogP contribution in [0.15, 0.2) is 18.2 Å². The maximum absolute atomic E-state index is 11.6. The van der Waals surface area contributed by atoms with Crippen molar-refractivity contribution in [1.29, 1.82) is 5.26 Å². The van der Waals surface area contributed by atoms with Crippen LogP contribution in [0.5, 0.6) is 11.5 Å². The van der Waals surface area contributed by atoms with E-state index in [0.717, 1.165) is 0 Å². The highest BCUT2D eigenvalue weighted by Gasteiger charge is 2.22. The lowest BCUT2D eigenvalue weighted by atomic mass is 10.0. The van der Waals surface area contributed by atoms with Crippen LogP contribution in [-0.2, 0) is 9.53 Å². The first-order valence-electron chi connectivity index (χ1n) is 5.46. The molecule has 1 rings (SSSR count). The molecule has 5 heteroatoms. The van der Waals surface area contributed by atoms with Gasteiger partial charge in [-0.3, -0.25) is 4.79 Å². The fourth-order valence-electron chi connectivity index (χ4n) is 1.52. The van der Waals surface area contributed by atoms with Gasteiger partial charge in [-0.05, 0) is 24.6 Å². The van der Waals surface area contributed by atoms with Crippen molar-refractivity contribution in [2.75, 3.05) is 20.8 Å². The van der Waals surface area contributed by atoms with Crippen LogP contribution in [0.2, 0.25) is 0 Å². The molecular weight excluding hydrogens is 234 g/mol. The first-order valence-corrected chi connectivity index (χ1v) is 5.46. The third kappa shape index (κ3) is 2.92. The van der Waals surface area contributed by atoms with Crippen LogP contribution in [0, 0.1) is 11.3 Å². The summed E-state index contributed by atoms with van der Waals surface area (Å²) in [7, 11) is 3.01. The fraction of sp³-hybridized carbons (Fsp3) is 0.385. The molecule has 0 N–H and O–H groups in total. The molecule has 5 nitrogen and oxygen atoms in total. The van der Waals surface area contributed by atoms with Gasteiger partial charge in [0.2, 0.25) is 0 Å². The molecule has 0 bridgehead atoms. The van der Waals surface area contributed by atoms with Gasteiger partial charge in [0, 0.05) is 0 Å². The van der Waals surface area contributed by atoms with Crippen molar-refractivity contribution >= 4 is 5.97 Å². The van der Waals surface area contributed by atoms with Gasteiger partial charge in [0.1, 0.15) is 0 Å². The fourth-order valence-corrected chi connectivity index (χ4v) is 1.52. The number of benzene rings is 1. The van der Waals surface area contributed by atoms with Gasteiger partial charge in [-0.1, -0.05) is 6.07 Å². The standard InChI is InChI=1S/C13H15NO4/c1-4-18-13(15)10(8-14)9-5-6-11(16-2)12(7-9)17-3/h5-7,10H,4H2,1-3H3/t10-/m1/s1. The lowest BCUT2D eigenvalue weighted by molar-refractivity contribution is -0.143. The molecule has 1 aromatic carbocycles. The van der Waals surface area contributed by atoms with Gasteiger partial charge >= 0.3 is 5.97 Å². The van der Waals surface area contributed by atoms with Gasteiger partial charge in [-0.25, -0.2) is 0 Å². The number of carbonyl (C=O) groups excluding carboxylic acids is 1. The van der Waals surface area contributed by atoms with E-state index in [1.165, 1.54) is 14.2 Å². The third-order valence-electron chi connectivity index (χ3n) is 2.39. The first-order chi connectivity index (χ1) is 8.67. The van der Waals surface area contributed by atoms with Gasteiger partial charge in [0.25, 0.3) is 0 Å². The zero-order chi connectivity index (χ0) is 13.5. The zero-order valence-electron chi connectivity index (χ0n) is 10.6. The second-order valence-electron chi connectivity index (χ2n) is 3.43. The Hall–Kier alpha value is -2.22. The molecule has 0 unspecified atom stereocenters. The van der Waals surface area contributed by atoms with Crippen LogP contribution in [0.4, 0.5) is 0 Å². The lowest BCUT2D eigenvalue weighted by Gasteiger charge is -2.12. The normalized spacial score (nSPS) is 11.2. The van der Waals surface area contributed by atoms with Crippen molar-refractivity contribution in [2.45, 2.75) is 12.8 Å². The summed E-state index contributed by atoms with van der Waals surface area (Å²) in [5.41, 5.74) is 0.522. The Labute approximate surface area is 106 Å². The van der Waals surface area contributed by atoms with E-state index >= 15 is 0 Å². The number of nitriles is 1. The second-order valence-corrected chi connectivity index (χ2v) is 3.43. The van der Waals surface area contributed by atoms with Crippen LogP contribution < -0.4 is 9.47 Å². The summed E-state index contributed by atoms with van der Waals surface area (Å²) in [5, 5.41) is 9.04. The molecule has 96 valence electrons. The highest BCUT2D eigenvalue weighted by atomic mass is 16.5. The first kappa shape index (κ1) is 13.8. The molecule has 0 amide bonds. The Morgan fingerprint density at radius 2 is 2.00 bits per heavy atom. The van der Waals surface area contributed by atoms with Crippen LogP contribution in [0.3, 0.4) is 0 Å². The number of hydrogen-bond acceptors (Lipinski definition) is 5. The molecule has 0 aromatic heterocycles. The van der Waals surface area contributed by atoms with Crippen LogP contribution >= 0.6 is 0 Å². The number of nitrogens with zero attached hydrogens (tertiary/aromatic N) is 1. The van der Waals surface area contributed by atoms with Crippen molar-refractivity contribution in [2.24, 2.45) is 0 Å². The zero-order valence-corrected chi connectivity index (χ0v) is 10.6. The Morgan fingerprint density at radius 3 is 2.50 bits per heavy atom. The van der Waals surface area contributed by atoms with Gasteiger partial charge < -0.3 is 14.2 Å². The molecule has 0 heterocycles. The molecular formula is C13H15NO4. The summed E-state index contributed by atoms with van der Waals surface area (Å²) < 4.78 is 15.1. The number of ether oxygens (including phenoxy) is 3. The number of carbonyl (C=O) groups is 1. The molecule has 0 radical (unpaired) electrons. The van der Waals surface area contributed by atoms with Crippen molar-refractivity contribution in [3.05, 3.63) is 23.8 Å². The minimum Gasteiger partial charge on any atom is -0.493 e. The molecule has 0 spiro atoms. The maximum Gasteiger partial charge on any atom is 0.327 e. The SMILES string of the molecule is CCOC(=O)[C@H](C#N)c1ccc(OC)c(OC)c1. The molecule has 18 heavy (non-hydrogen) atoms. The summed E-state index contributed by atoms with van der Waals surface area (Å²) in [5.74, 6) is -0.502. The maximum atomic E-state index is 11.6. The van der Waals surface area contributed by atoms with E-state index in [0.29, 0.717) is 17.1 Å². The Morgan fingerprint density at radius 1 is 1.33 bits per heavy atom. The Bertz CT molecular complexity index is 465. The number of esters is 1. The number of hydrogen-bond donors (Lipinski definition) is 0. The summed E-state index contributed by atoms with van der Waals surface area (Å²) in [4.78, 5) is 11.6. The summed E-state index contributed by atoms with van der Waals surface area (Å²) in [6, 6.07) is 6.82. The van der Waals surface area contributed by atoms with Gasteiger partial charge in [-0.2, -0.15) is 5.26 Å².